The summed E-state index contributed by atoms with van der Waals surface area (Å²) < 4.78 is 11.0. The third kappa shape index (κ3) is 2.31. The Balaban J connectivity index is 1.66. The van der Waals surface area contributed by atoms with Gasteiger partial charge in [-0.05, 0) is 11.6 Å². The van der Waals surface area contributed by atoms with Crippen LogP contribution in [0.3, 0.4) is 0 Å². The van der Waals surface area contributed by atoms with Crippen LogP contribution < -0.4 is 9.47 Å². The van der Waals surface area contributed by atoms with E-state index in [-0.39, 0.29) is 18.1 Å². The zero-order chi connectivity index (χ0) is 14.9. The van der Waals surface area contributed by atoms with Gasteiger partial charge in [-0.2, -0.15) is 0 Å². The smallest absolute Gasteiger partial charge is 0.234 e. The molecule has 1 fully saturated rings. The van der Waals surface area contributed by atoms with Crippen molar-refractivity contribution in [3.05, 3.63) is 59.7 Å². The largest absolute Gasteiger partial charge is 0.454 e. The van der Waals surface area contributed by atoms with Crippen LogP contribution in [0, 0.1) is 0 Å². The van der Waals surface area contributed by atoms with Crippen LogP contribution in [-0.4, -0.2) is 23.4 Å². The summed E-state index contributed by atoms with van der Waals surface area (Å²) in [6, 6.07) is 15.9. The number of thioether (sulfide) groups is 1. The normalized spacial score (nSPS) is 19.7. The molecule has 0 saturated carbocycles. The number of ether oxygens (including phenoxy) is 2. The van der Waals surface area contributed by atoms with Crippen LogP contribution in [0.25, 0.3) is 0 Å². The minimum atomic E-state index is -0.0237. The highest BCUT2D eigenvalue weighted by atomic mass is 32.2. The Bertz CT molecular complexity index is 704. The Hall–Kier alpha value is -2.14. The number of carbonyl (C=O) groups excluding carboxylic acids is 1. The topological polar surface area (TPSA) is 38.8 Å². The molecule has 112 valence electrons. The second-order valence-electron chi connectivity index (χ2n) is 5.25. The van der Waals surface area contributed by atoms with E-state index in [2.05, 4.69) is 0 Å². The van der Waals surface area contributed by atoms with Gasteiger partial charge in [0.2, 0.25) is 12.7 Å². The number of amides is 1. The average molecular weight is 313 g/mol. The zero-order valence-electron chi connectivity index (χ0n) is 11.9. The maximum absolute atomic E-state index is 12.3. The van der Waals surface area contributed by atoms with E-state index < -0.39 is 0 Å². The molecule has 0 aromatic heterocycles. The van der Waals surface area contributed by atoms with Gasteiger partial charge in [0.25, 0.3) is 0 Å². The Morgan fingerprint density at radius 2 is 1.95 bits per heavy atom. The molecule has 2 aliphatic rings. The van der Waals surface area contributed by atoms with Crippen molar-refractivity contribution in [2.75, 3.05) is 12.5 Å². The summed E-state index contributed by atoms with van der Waals surface area (Å²) in [7, 11) is 0. The highest BCUT2D eigenvalue weighted by molar-refractivity contribution is 8.00. The molecule has 4 rings (SSSR count). The van der Waals surface area contributed by atoms with Gasteiger partial charge in [0.1, 0.15) is 5.37 Å². The van der Waals surface area contributed by atoms with E-state index in [1.54, 1.807) is 11.8 Å². The van der Waals surface area contributed by atoms with Gasteiger partial charge in [0.15, 0.2) is 11.5 Å². The highest BCUT2D eigenvalue weighted by Crippen LogP contribution is 2.47. The molecule has 1 unspecified atom stereocenters. The van der Waals surface area contributed by atoms with E-state index in [1.165, 1.54) is 0 Å². The lowest BCUT2D eigenvalue weighted by Crippen LogP contribution is -2.27. The molecule has 22 heavy (non-hydrogen) atoms. The monoisotopic (exact) mass is 313 g/mol. The summed E-state index contributed by atoms with van der Waals surface area (Å²) in [4.78, 5) is 14.2. The second-order valence-corrected chi connectivity index (χ2v) is 6.32. The van der Waals surface area contributed by atoms with Gasteiger partial charge in [0, 0.05) is 12.1 Å². The number of hydrogen-bond acceptors (Lipinski definition) is 4. The summed E-state index contributed by atoms with van der Waals surface area (Å²) in [6.45, 7) is 0.859. The van der Waals surface area contributed by atoms with Crippen LogP contribution in [0.4, 0.5) is 0 Å². The standard InChI is InChI=1S/C17H15NO3S/c19-15-10-22-17(18(15)9-12-5-2-1-3-6-12)13-7-4-8-14-16(13)21-11-20-14/h1-8,17H,9-11H2. The van der Waals surface area contributed by atoms with Crippen LogP contribution >= 0.6 is 11.8 Å². The third-order valence-electron chi connectivity index (χ3n) is 3.86. The van der Waals surface area contributed by atoms with Crippen molar-refractivity contribution in [2.24, 2.45) is 0 Å². The summed E-state index contributed by atoms with van der Waals surface area (Å²) >= 11 is 1.64. The van der Waals surface area contributed by atoms with E-state index in [0.717, 1.165) is 22.6 Å². The fraction of sp³-hybridized carbons (Fsp3) is 0.235. The summed E-state index contributed by atoms with van der Waals surface area (Å²) in [5, 5.41) is -0.0237. The Kier molecular flexibility index (Phi) is 3.42. The molecule has 1 atom stereocenters. The average Bonchev–Trinajstić information content (AvgIpc) is 3.16. The quantitative estimate of drug-likeness (QED) is 0.872. The first-order valence-corrected chi connectivity index (χ1v) is 8.21. The third-order valence-corrected chi connectivity index (χ3v) is 5.09. The molecule has 0 spiro atoms. The second kappa shape index (κ2) is 5.57. The van der Waals surface area contributed by atoms with E-state index in [9.17, 15) is 4.79 Å². The minimum absolute atomic E-state index is 0.0237. The van der Waals surface area contributed by atoms with Crippen LogP contribution in [0.1, 0.15) is 16.5 Å². The van der Waals surface area contributed by atoms with Gasteiger partial charge in [-0.15, -0.1) is 11.8 Å². The first-order valence-electron chi connectivity index (χ1n) is 7.16. The van der Waals surface area contributed by atoms with Gasteiger partial charge in [-0.3, -0.25) is 4.79 Å². The van der Waals surface area contributed by atoms with Crippen LogP contribution in [-0.2, 0) is 11.3 Å². The molecule has 5 heteroatoms. The number of nitrogens with zero attached hydrogens (tertiary/aromatic N) is 1. The molecule has 0 radical (unpaired) electrons. The maximum Gasteiger partial charge on any atom is 0.234 e. The summed E-state index contributed by atoms with van der Waals surface area (Å²) in [6.07, 6.45) is 0. The lowest BCUT2D eigenvalue weighted by molar-refractivity contribution is -0.128. The van der Waals surface area contributed by atoms with Gasteiger partial charge in [-0.25, -0.2) is 0 Å². The predicted molar refractivity (Wildman–Crippen MR) is 84.8 cm³/mol. The Morgan fingerprint density at radius 1 is 1.09 bits per heavy atom. The van der Waals surface area contributed by atoms with Crippen LogP contribution in [0.15, 0.2) is 48.5 Å². The summed E-state index contributed by atoms with van der Waals surface area (Å²) in [5.74, 6) is 2.20. The number of fused-ring (bicyclic) bond motifs is 1. The summed E-state index contributed by atoms with van der Waals surface area (Å²) in [5.41, 5.74) is 2.15. The molecular weight excluding hydrogens is 298 g/mol. The Morgan fingerprint density at radius 3 is 2.82 bits per heavy atom. The zero-order valence-corrected chi connectivity index (χ0v) is 12.7. The number of para-hydroxylation sites is 1. The molecule has 2 heterocycles. The predicted octanol–water partition coefficient (Wildman–Crippen LogP) is 3.19. The number of benzene rings is 2. The van der Waals surface area contributed by atoms with Crippen molar-refractivity contribution in [2.45, 2.75) is 11.9 Å². The molecule has 0 aliphatic carbocycles. The Labute approximate surface area is 133 Å². The van der Waals surface area contributed by atoms with Gasteiger partial charge in [0.05, 0.1) is 5.75 Å². The van der Waals surface area contributed by atoms with Crippen LogP contribution in [0.5, 0.6) is 11.5 Å². The molecule has 2 aliphatic heterocycles. The molecule has 0 bridgehead atoms. The molecule has 4 nitrogen and oxygen atoms in total. The number of hydrogen-bond donors (Lipinski definition) is 0. The van der Waals surface area contributed by atoms with Crippen molar-refractivity contribution in [3.63, 3.8) is 0 Å². The van der Waals surface area contributed by atoms with Gasteiger partial charge in [-0.1, -0.05) is 42.5 Å². The number of rotatable bonds is 3. The first-order chi connectivity index (χ1) is 10.8. The van der Waals surface area contributed by atoms with E-state index in [1.807, 2.05) is 53.4 Å². The number of carbonyl (C=O) groups is 1. The van der Waals surface area contributed by atoms with Crippen LogP contribution in [0.2, 0.25) is 0 Å². The maximum atomic E-state index is 12.3. The van der Waals surface area contributed by atoms with Crippen molar-refractivity contribution < 1.29 is 14.3 Å². The van der Waals surface area contributed by atoms with E-state index in [0.29, 0.717) is 12.3 Å². The minimum Gasteiger partial charge on any atom is -0.454 e. The van der Waals surface area contributed by atoms with Crippen molar-refractivity contribution in [1.82, 2.24) is 4.90 Å². The molecule has 0 N–H and O–H groups in total. The van der Waals surface area contributed by atoms with Crippen molar-refractivity contribution in [3.8, 4) is 11.5 Å². The molecule has 1 saturated heterocycles. The van der Waals surface area contributed by atoms with Crippen molar-refractivity contribution >= 4 is 17.7 Å². The highest BCUT2D eigenvalue weighted by Gasteiger charge is 2.36. The molecular formula is C17H15NO3S. The lowest BCUT2D eigenvalue weighted by atomic mass is 10.1. The molecule has 2 aromatic rings. The van der Waals surface area contributed by atoms with Gasteiger partial charge >= 0.3 is 0 Å². The van der Waals surface area contributed by atoms with E-state index >= 15 is 0 Å². The fourth-order valence-corrected chi connectivity index (χ4v) is 4.01. The van der Waals surface area contributed by atoms with Crippen molar-refractivity contribution in [1.29, 1.82) is 0 Å². The SMILES string of the molecule is O=C1CSC(c2cccc3c2OCO3)N1Cc1ccccc1. The molecule has 1 amide bonds. The lowest BCUT2D eigenvalue weighted by Gasteiger charge is -2.25. The molecule has 2 aromatic carbocycles. The fourth-order valence-electron chi connectivity index (χ4n) is 2.81. The first kappa shape index (κ1) is 13.5. The van der Waals surface area contributed by atoms with E-state index in [4.69, 9.17) is 9.47 Å². The van der Waals surface area contributed by atoms with Gasteiger partial charge < -0.3 is 14.4 Å².